The Kier molecular flexibility index (Phi) is 7.51. The lowest BCUT2D eigenvalue weighted by molar-refractivity contribution is -0.127. The van der Waals surface area contributed by atoms with E-state index in [2.05, 4.69) is 10.3 Å². The molecule has 1 aromatic rings. The number of nitrogens with zero attached hydrogens (tertiary/aromatic N) is 1. The number of amides is 3. The van der Waals surface area contributed by atoms with E-state index < -0.39 is 41.3 Å². The van der Waals surface area contributed by atoms with Crippen molar-refractivity contribution < 1.29 is 23.2 Å². The maximum Gasteiger partial charge on any atom is 0.266 e. The third kappa shape index (κ3) is 6.32. The van der Waals surface area contributed by atoms with Crippen molar-refractivity contribution in [1.29, 1.82) is 0 Å². The summed E-state index contributed by atoms with van der Waals surface area (Å²) in [5.41, 5.74) is 9.08. The van der Waals surface area contributed by atoms with Gasteiger partial charge in [-0.25, -0.2) is 13.8 Å². The molecule has 0 aromatic heterocycles. The van der Waals surface area contributed by atoms with Gasteiger partial charge in [-0.15, -0.1) is 0 Å². The van der Waals surface area contributed by atoms with Gasteiger partial charge < -0.3 is 16.8 Å². The summed E-state index contributed by atoms with van der Waals surface area (Å²) in [6.45, 7) is 3.07. The van der Waals surface area contributed by atoms with Crippen molar-refractivity contribution in [2.24, 2.45) is 16.5 Å². The molecule has 0 unspecified atom stereocenters. The van der Waals surface area contributed by atoms with Crippen LogP contribution in [0.1, 0.15) is 32.3 Å². The number of primary amides is 1. The molecule has 9 heteroatoms. The highest BCUT2D eigenvalue weighted by atomic mass is 19.1. The van der Waals surface area contributed by atoms with Crippen LogP contribution in [0.3, 0.4) is 0 Å². The van der Waals surface area contributed by atoms with E-state index in [0.717, 1.165) is 12.1 Å². The molecule has 3 amide bonds. The highest BCUT2D eigenvalue weighted by Crippen LogP contribution is 2.11. The molecule has 0 spiro atoms. The molecule has 0 aliphatic heterocycles. The van der Waals surface area contributed by atoms with Gasteiger partial charge in [-0.2, -0.15) is 0 Å². The largest absolute Gasteiger partial charge is 0.368 e. The molecule has 0 saturated heterocycles. The molecule has 7 nitrogen and oxygen atoms in total. The summed E-state index contributed by atoms with van der Waals surface area (Å²) in [5.74, 6) is -3.93. The summed E-state index contributed by atoms with van der Waals surface area (Å²) in [7, 11) is 0. The maximum atomic E-state index is 13.6. The normalized spacial score (nSPS) is 12.0. The molecule has 0 aliphatic rings. The van der Waals surface area contributed by atoms with E-state index in [9.17, 15) is 23.2 Å². The number of nitrogens with one attached hydrogen (secondary N) is 1. The summed E-state index contributed by atoms with van der Waals surface area (Å²) >= 11 is 0. The molecule has 142 valence electrons. The molecule has 0 radical (unpaired) electrons. The van der Waals surface area contributed by atoms with Gasteiger partial charge >= 0.3 is 0 Å². The predicted octanol–water partition coefficient (Wildman–Crippen LogP) is 0.594. The molecule has 0 atom stereocenters. The Balaban J connectivity index is 2.97. The van der Waals surface area contributed by atoms with E-state index in [1.54, 1.807) is 0 Å². The van der Waals surface area contributed by atoms with Gasteiger partial charge in [0.15, 0.2) is 0 Å². The van der Waals surface area contributed by atoms with Gasteiger partial charge in [-0.3, -0.25) is 14.4 Å². The Morgan fingerprint density at radius 2 is 1.88 bits per heavy atom. The van der Waals surface area contributed by atoms with Gasteiger partial charge in [0.05, 0.1) is 6.42 Å². The first-order valence-corrected chi connectivity index (χ1v) is 7.93. The van der Waals surface area contributed by atoms with Crippen molar-refractivity contribution in [3.05, 3.63) is 35.4 Å². The number of carbonyl (C=O) groups excluding carboxylic acids is 3. The van der Waals surface area contributed by atoms with Crippen molar-refractivity contribution in [3.63, 3.8) is 0 Å². The van der Waals surface area contributed by atoms with Crippen LogP contribution in [0, 0.1) is 11.6 Å². The number of aliphatic imine (C=N–C) groups is 1. The zero-order valence-electron chi connectivity index (χ0n) is 14.6. The van der Waals surface area contributed by atoms with Crippen LogP contribution in [0.4, 0.5) is 8.78 Å². The Morgan fingerprint density at radius 1 is 1.23 bits per heavy atom. The van der Waals surface area contributed by atoms with E-state index in [-0.39, 0.29) is 24.2 Å². The molecule has 26 heavy (non-hydrogen) atoms. The van der Waals surface area contributed by atoms with Crippen molar-refractivity contribution in [3.8, 4) is 0 Å². The number of hydrogen-bond donors (Lipinski definition) is 3. The SMILES string of the molecule is CC(C)(NC(=O)C(CCCN)=NC(=O)Cc1ccc(F)cc1F)C(N)=O. The number of hydrogen-bond acceptors (Lipinski definition) is 4. The van der Waals surface area contributed by atoms with Crippen LogP contribution in [0.15, 0.2) is 23.2 Å². The van der Waals surface area contributed by atoms with Gasteiger partial charge in [0.25, 0.3) is 11.8 Å². The Bertz CT molecular complexity index is 733. The van der Waals surface area contributed by atoms with Crippen LogP contribution in [0.25, 0.3) is 0 Å². The first-order chi connectivity index (χ1) is 12.1. The van der Waals surface area contributed by atoms with Crippen LogP contribution >= 0.6 is 0 Å². The summed E-state index contributed by atoms with van der Waals surface area (Å²) in [4.78, 5) is 39.4. The van der Waals surface area contributed by atoms with E-state index in [4.69, 9.17) is 11.5 Å². The minimum Gasteiger partial charge on any atom is -0.368 e. The number of halogens is 2. The molecule has 0 fully saturated rings. The fourth-order valence-electron chi connectivity index (χ4n) is 1.93. The van der Waals surface area contributed by atoms with Gasteiger partial charge in [0, 0.05) is 6.07 Å². The summed E-state index contributed by atoms with van der Waals surface area (Å²) in [5, 5.41) is 2.39. The maximum absolute atomic E-state index is 13.6. The highest BCUT2D eigenvalue weighted by molar-refractivity contribution is 6.40. The van der Waals surface area contributed by atoms with E-state index in [1.807, 2.05) is 0 Å². The number of nitrogens with two attached hydrogens (primary N) is 2. The molecule has 0 bridgehead atoms. The van der Waals surface area contributed by atoms with Gasteiger partial charge in [0.1, 0.15) is 22.9 Å². The fourth-order valence-corrected chi connectivity index (χ4v) is 1.93. The minimum atomic E-state index is -1.34. The van der Waals surface area contributed by atoms with Crippen LogP contribution in [-0.4, -0.2) is 35.5 Å². The molecular weight excluding hydrogens is 346 g/mol. The second-order valence-electron chi connectivity index (χ2n) is 6.20. The molecule has 1 aromatic carbocycles. The summed E-state index contributed by atoms with van der Waals surface area (Å²) in [6, 6.07) is 2.81. The molecular formula is C17H22F2N4O3. The second-order valence-corrected chi connectivity index (χ2v) is 6.20. The molecule has 5 N–H and O–H groups in total. The van der Waals surface area contributed by atoms with Gasteiger partial charge in [-0.1, -0.05) is 6.07 Å². The van der Waals surface area contributed by atoms with Crippen molar-refractivity contribution in [1.82, 2.24) is 5.32 Å². The fraction of sp³-hybridized carbons (Fsp3) is 0.412. The molecule has 0 saturated carbocycles. The predicted molar refractivity (Wildman–Crippen MR) is 92.2 cm³/mol. The van der Waals surface area contributed by atoms with Crippen molar-refractivity contribution >= 4 is 23.4 Å². The zero-order chi connectivity index (χ0) is 19.9. The first-order valence-electron chi connectivity index (χ1n) is 7.93. The molecule has 1 rings (SSSR count). The third-order valence-electron chi connectivity index (χ3n) is 3.54. The van der Waals surface area contributed by atoms with Gasteiger partial charge in [0.2, 0.25) is 5.91 Å². The number of carbonyl (C=O) groups is 3. The first kappa shape index (κ1) is 21.4. The van der Waals surface area contributed by atoms with E-state index in [1.165, 1.54) is 13.8 Å². The average molecular weight is 368 g/mol. The molecule has 0 aliphatic carbocycles. The summed E-state index contributed by atoms with van der Waals surface area (Å²) in [6.07, 6.45) is 0.0288. The van der Waals surface area contributed by atoms with Crippen LogP contribution in [-0.2, 0) is 20.8 Å². The third-order valence-corrected chi connectivity index (χ3v) is 3.54. The van der Waals surface area contributed by atoms with E-state index >= 15 is 0 Å². The Labute approximate surface area is 149 Å². The lowest BCUT2D eigenvalue weighted by Gasteiger charge is -2.22. The minimum absolute atomic E-state index is 0.0452. The summed E-state index contributed by atoms with van der Waals surface area (Å²) < 4.78 is 26.5. The highest BCUT2D eigenvalue weighted by Gasteiger charge is 2.28. The lowest BCUT2D eigenvalue weighted by Crippen LogP contribution is -2.54. The van der Waals surface area contributed by atoms with Crippen molar-refractivity contribution in [2.75, 3.05) is 6.54 Å². The Hall–Kier alpha value is -2.68. The van der Waals surface area contributed by atoms with Gasteiger partial charge in [-0.05, 0) is 44.9 Å². The van der Waals surface area contributed by atoms with Crippen LogP contribution in [0.2, 0.25) is 0 Å². The standard InChI is InChI=1S/C17H22F2N4O3/c1-17(2,16(21)26)23-15(25)13(4-3-7-20)22-14(24)8-10-5-6-11(18)9-12(10)19/h5-6,9H,3-4,7-8,20H2,1-2H3,(H2,21,26)(H,23,25). The van der Waals surface area contributed by atoms with Crippen LogP contribution < -0.4 is 16.8 Å². The number of benzene rings is 1. The monoisotopic (exact) mass is 368 g/mol. The molecule has 0 heterocycles. The second kappa shape index (κ2) is 9.14. The van der Waals surface area contributed by atoms with Crippen LogP contribution in [0.5, 0.6) is 0 Å². The Morgan fingerprint density at radius 3 is 2.42 bits per heavy atom. The smallest absolute Gasteiger partial charge is 0.266 e. The quantitative estimate of drug-likeness (QED) is 0.580. The van der Waals surface area contributed by atoms with E-state index in [0.29, 0.717) is 12.5 Å². The van der Waals surface area contributed by atoms with Crippen molar-refractivity contribution in [2.45, 2.75) is 38.6 Å². The topological polar surface area (TPSA) is 128 Å². The average Bonchev–Trinajstić information content (AvgIpc) is 2.53. The lowest BCUT2D eigenvalue weighted by atomic mass is 10.0. The zero-order valence-corrected chi connectivity index (χ0v) is 14.6. The number of rotatable bonds is 8.